The molecule has 0 spiro atoms. The normalized spacial score (nSPS) is 13.6. The Balaban J connectivity index is 0.00000540. The van der Waals surface area contributed by atoms with Crippen molar-refractivity contribution in [2.24, 2.45) is 0 Å². The molecule has 2 aliphatic heterocycles. The summed E-state index contributed by atoms with van der Waals surface area (Å²) in [6.07, 6.45) is 0. The van der Waals surface area contributed by atoms with Gasteiger partial charge in [-0.25, -0.2) is 4.98 Å². The maximum atomic E-state index is 8.64. The van der Waals surface area contributed by atoms with E-state index in [9.17, 15) is 0 Å². The molecule has 0 amide bonds. The van der Waals surface area contributed by atoms with E-state index in [1.807, 2.05) is 60.7 Å². The molecule has 15 rings (SSSR count). The summed E-state index contributed by atoms with van der Waals surface area (Å²) in [6, 6.07) is 63.7. The predicted octanol–water partition coefficient (Wildman–Crippen LogP) is 15.9. The van der Waals surface area contributed by atoms with E-state index in [2.05, 4.69) is 97.1 Å². The van der Waals surface area contributed by atoms with E-state index >= 15 is 0 Å². The first-order valence-corrected chi connectivity index (χ1v) is 23.3. The Labute approximate surface area is 430 Å². The second kappa shape index (κ2) is 15.7. The van der Waals surface area contributed by atoms with Gasteiger partial charge in [-0.2, -0.15) is 0 Å². The molecule has 13 aromatic rings. The molecule has 0 fully saturated rings. The third-order valence-electron chi connectivity index (χ3n) is 14.1. The van der Waals surface area contributed by atoms with E-state index in [1.54, 1.807) is 36.4 Å². The third-order valence-corrected chi connectivity index (χ3v) is 14.1. The molecule has 0 atom stereocenters. The van der Waals surface area contributed by atoms with Crippen molar-refractivity contribution in [3.8, 4) is 67.5 Å². The first-order valence-electron chi connectivity index (χ1n) is 26.3. The van der Waals surface area contributed by atoms with E-state index < -0.39 is 13.7 Å². The van der Waals surface area contributed by atoms with Crippen LogP contribution in [0.1, 0.15) is 19.4 Å². The quantitative estimate of drug-likeness (QED) is 0.172. The van der Waals surface area contributed by atoms with Gasteiger partial charge in [-0.1, -0.05) is 157 Å². The van der Waals surface area contributed by atoms with E-state index in [1.165, 1.54) is 0 Å². The molecule has 0 saturated heterocycles. The molecule has 5 heterocycles. The number of fused-ring (bicyclic) bond motifs is 24. The van der Waals surface area contributed by atoms with Crippen molar-refractivity contribution in [1.29, 1.82) is 0 Å². The van der Waals surface area contributed by atoms with Gasteiger partial charge in [0.05, 0.1) is 23.0 Å². The van der Waals surface area contributed by atoms with Crippen LogP contribution in [-0.4, -0.2) is 19.9 Å². The molecule has 10 aromatic carbocycles. The number of benzene rings is 10. The van der Waals surface area contributed by atoms with Gasteiger partial charge in [-0.15, -0.1) is 0 Å². The number of aromatic nitrogens is 6. The van der Waals surface area contributed by atoms with Crippen molar-refractivity contribution >= 4 is 87.0 Å². The molecule has 0 radical (unpaired) electrons. The molecule has 2 aliphatic rings. The summed E-state index contributed by atoms with van der Waals surface area (Å²) in [7, 11) is 0. The second-order valence-corrected chi connectivity index (χ2v) is 18.3. The zero-order valence-electron chi connectivity index (χ0n) is 43.5. The van der Waals surface area contributed by atoms with E-state index in [-0.39, 0.29) is 32.2 Å². The van der Waals surface area contributed by atoms with Gasteiger partial charge in [0.25, 0.3) is 0 Å². The van der Waals surface area contributed by atoms with Gasteiger partial charge in [0.15, 0.2) is 0 Å². The minimum atomic E-state index is -2.44. The van der Waals surface area contributed by atoms with Crippen LogP contribution in [0.25, 0.3) is 155 Å². The van der Waals surface area contributed by atoms with Crippen molar-refractivity contribution < 1.29 is 29.3 Å². The van der Waals surface area contributed by atoms with Crippen LogP contribution in [0.4, 0.5) is 0 Å². The monoisotopic (exact) mass is 1090 g/mol. The van der Waals surface area contributed by atoms with Crippen LogP contribution in [-0.2, 0) is 21.1 Å². The van der Waals surface area contributed by atoms with E-state index in [4.69, 9.17) is 38.1 Å². The van der Waals surface area contributed by atoms with Gasteiger partial charge >= 0.3 is 21.1 Å². The summed E-state index contributed by atoms with van der Waals surface area (Å²) in [6.45, 7) is -4.87. The van der Waals surface area contributed by atoms with Crippen molar-refractivity contribution in [3.05, 3.63) is 205 Å². The zero-order valence-corrected chi connectivity index (χ0v) is 39.7. The topological polar surface area (TPSA) is 79.8 Å². The molecular formula is C64H38N6Pt. The van der Waals surface area contributed by atoms with Gasteiger partial charge in [0, 0.05) is 41.6 Å². The fourth-order valence-corrected chi connectivity index (χ4v) is 10.8. The Kier molecular flexibility index (Phi) is 7.87. The van der Waals surface area contributed by atoms with Crippen LogP contribution in [0.5, 0.6) is 0 Å². The minimum absolute atomic E-state index is 0. The molecule has 0 aliphatic carbocycles. The fraction of sp³-hybridized carbons (Fsp3) is 0.0312. The Bertz CT molecular complexity index is 4580. The summed E-state index contributed by atoms with van der Waals surface area (Å²) in [5.41, 5.74) is 8.86. The van der Waals surface area contributed by atoms with Gasteiger partial charge < -0.3 is 19.9 Å². The largest absolute Gasteiger partial charge is 2.00 e. The minimum Gasteiger partial charge on any atom is -0.435 e. The van der Waals surface area contributed by atoms with Crippen LogP contribution in [0.2, 0.25) is 0 Å². The average molecular weight is 1090 g/mol. The van der Waals surface area contributed by atoms with Crippen LogP contribution in [0.15, 0.2) is 194 Å². The van der Waals surface area contributed by atoms with Crippen molar-refractivity contribution in [2.75, 3.05) is 0 Å². The maximum Gasteiger partial charge on any atom is 2.00 e. The van der Waals surface area contributed by atoms with Gasteiger partial charge in [-0.3, -0.25) is 4.98 Å². The maximum absolute atomic E-state index is 8.64. The first-order chi connectivity index (χ1) is 36.9. The van der Waals surface area contributed by atoms with Crippen molar-refractivity contribution in [3.63, 3.8) is 0 Å². The molecule has 334 valence electrons. The zero-order chi connectivity index (χ0) is 51.2. The van der Waals surface area contributed by atoms with Crippen LogP contribution >= 0.6 is 0 Å². The average Bonchev–Trinajstić information content (AvgIpc) is 4.36. The smallest absolute Gasteiger partial charge is 0.435 e. The number of nitrogens with zero attached hydrogens (tertiary/aromatic N) is 6. The summed E-state index contributed by atoms with van der Waals surface area (Å²) < 4.78 is 51.8. The Hall–Kier alpha value is -8.57. The predicted molar refractivity (Wildman–Crippen MR) is 289 cm³/mol. The third kappa shape index (κ3) is 6.45. The molecule has 8 bridgehead atoms. The van der Waals surface area contributed by atoms with Crippen molar-refractivity contribution in [1.82, 2.24) is 29.9 Å². The van der Waals surface area contributed by atoms with Crippen LogP contribution in [0, 0.1) is 13.7 Å². The molecule has 3 aromatic heterocycles. The summed E-state index contributed by atoms with van der Waals surface area (Å²) in [4.78, 5) is 33.1. The summed E-state index contributed by atoms with van der Waals surface area (Å²) in [5, 5.41) is 11.0. The van der Waals surface area contributed by atoms with Crippen molar-refractivity contribution in [2.45, 2.75) is 13.7 Å². The molecule has 0 saturated carbocycles. The van der Waals surface area contributed by atoms with Gasteiger partial charge in [-0.05, 0) is 160 Å². The Morgan fingerprint density at radius 1 is 0.338 bits per heavy atom. The van der Waals surface area contributed by atoms with Gasteiger partial charge in [0.2, 0.25) is 0 Å². The fourth-order valence-electron chi connectivity index (χ4n) is 10.8. The second-order valence-electron chi connectivity index (χ2n) is 18.3. The number of aryl methyl sites for hydroxylation is 2. The molecule has 71 heavy (non-hydrogen) atoms. The van der Waals surface area contributed by atoms with E-state index in [0.29, 0.717) is 67.6 Å². The first kappa shape index (κ1) is 35.5. The summed E-state index contributed by atoms with van der Waals surface area (Å²) >= 11 is 0. The Morgan fingerprint density at radius 2 is 0.690 bits per heavy atom. The molecule has 6 nitrogen and oxygen atoms in total. The molecule has 0 unspecified atom stereocenters. The molecule has 0 N–H and O–H groups in total. The van der Waals surface area contributed by atoms with E-state index in [0.717, 1.165) is 86.9 Å². The van der Waals surface area contributed by atoms with Crippen LogP contribution < -0.4 is 9.97 Å². The number of hydrogen-bond donors (Lipinski definition) is 0. The standard InChI is InChI=1S/C64H38N6.Pt/c1-35-13-11-23-45(25-35)55-57-47-27-37-15-3-4-16-38(37)28-48(47)58(65-57)56(46-24-12-14-36(2)26-46)60-50-30-40-18-6-8-20-42(40)32-52(50)62(67-60)69-64-54-34-44-22-10-9-21-43(44)33-53(54)63(70-64)68-61-51-31-41-19-7-5-17-39(41)29-49(51)59(55)66-61;/h3-34H,1-2H3;/q-2;+2/i1D3,2D3;. The van der Waals surface area contributed by atoms with Crippen LogP contribution in [0.3, 0.4) is 0 Å². The summed E-state index contributed by atoms with van der Waals surface area (Å²) in [5.74, 6) is 0.857. The SMILES string of the molecule is [2H]C([2H])([2H])c1cccc(-c2c3nc(c(-c4cccc(C([2H])([2H])[2H])c4)c4[n-]c(nc5nc(nc6[n-]c2c2cc7ccccc7cc62)-c2cc6ccccc6cc2-5)c2cc5ccccc5cc42)-c2cc4ccccc4cc2-3)c1.[Pt+2]. The molecule has 7 heteroatoms. The van der Waals surface area contributed by atoms with Gasteiger partial charge in [0.1, 0.15) is 0 Å². The number of hydrogen-bond acceptors (Lipinski definition) is 4. The Morgan fingerprint density at radius 3 is 1.07 bits per heavy atom. The number of rotatable bonds is 2. The molecular weight excluding hydrogens is 1050 g/mol.